The van der Waals surface area contributed by atoms with Gasteiger partial charge in [0.2, 0.25) is 11.7 Å². The van der Waals surface area contributed by atoms with Gasteiger partial charge in [0, 0.05) is 36.0 Å². The molecule has 0 spiro atoms. The zero-order valence-corrected chi connectivity index (χ0v) is 13.6. The summed E-state index contributed by atoms with van der Waals surface area (Å²) in [5.41, 5.74) is 6.36. The first-order valence-electron chi connectivity index (χ1n) is 7.93. The predicted molar refractivity (Wildman–Crippen MR) is 83.8 cm³/mol. The molecule has 1 amide bonds. The molecule has 2 N–H and O–H groups in total. The number of hydrogen-bond donors (Lipinski definition) is 1. The Bertz CT molecular complexity index is 845. The van der Waals surface area contributed by atoms with Crippen molar-refractivity contribution in [3.05, 3.63) is 53.1 Å². The van der Waals surface area contributed by atoms with Crippen LogP contribution in [0.4, 0.5) is 13.2 Å². The average molecular weight is 367 g/mol. The lowest BCUT2D eigenvalue weighted by atomic mass is 9.96. The molecule has 2 heterocycles. The number of aromatic nitrogens is 2. The first kappa shape index (κ1) is 18.0. The largest absolute Gasteiger partial charge is 0.461 e. The molecular formula is C17H16F3N3O3. The van der Waals surface area contributed by atoms with Gasteiger partial charge in [0.05, 0.1) is 5.92 Å². The molecule has 6 nitrogen and oxygen atoms in total. The van der Waals surface area contributed by atoms with Crippen LogP contribution in [0.25, 0.3) is 0 Å². The van der Waals surface area contributed by atoms with Gasteiger partial charge in [-0.1, -0.05) is 18.2 Å². The molecule has 26 heavy (non-hydrogen) atoms. The number of esters is 1. The molecule has 1 aliphatic heterocycles. The Kier molecular flexibility index (Phi) is 4.71. The Hall–Kier alpha value is -2.84. The van der Waals surface area contributed by atoms with Crippen molar-refractivity contribution in [1.29, 1.82) is 0 Å². The van der Waals surface area contributed by atoms with E-state index in [1.54, 1.807) is 18.2 Å². The third kappa shape index (κ3) is 3.56. The molecule has 1 atom stereocenters. The van der Waals surface area contributed by atoms with E-state index in [0.717, 1.165) is 10.8 Å². The van der Waals surface area contributed by atoms with E-state index in [9.17, 15) is 22.8 Å². The molecular weight excluding hydrogens is 351 g/mol. The van der Waals surface area contributed by atoms with Crippen LogP contribution in [-0.2, 0) is 35.3 Å². The van der Waals surface area contributed by atoms with Gasteiger partial charge in [0.1, 0.15) is 6.61 Å². The molecule has 138 valence electrons. The Labute approximate surface area is 146 Å². The van der Waals surface area contributed by atoms with Crippen molar-refractivity contribution in [2.75, 3.05) is 0 Å². The van der Waals surface area contributed by atoms with Crippen molar-refractivity contribution in [2.45, 2.75) is 32.2 Å². The molecule has 0 saturated carbocycles. The summed E-state index contributed by atoms with van der Waals surface area (Å²) < 4.78 is 44.9. The monoisotopic (exact) mass is 367 g/mol. The van der Waals surface area contributed by atoms with Crippen molar-refractivity contribution in [3.8, 4) is 0 Å². The van der Waals surface area contributed by atoms with E-state index in [1.807, 2.05) is 0 Å². The Morgan fingerprint density at radius 2 is 2.04 bits per heavy atom. The molecule has 3 rings (SSSR count). The van der Waals surface area contributed by atoms with Crippen LogP contribution < -0.4 is 5.73 Å². The Morgan fingerprint density at radius 3 is 2.73 bits per heavy atom. The number of nitrogens with two attached hydrogens (primary N) is 1. The van der Waals surface area contributed by atoms with Crippen molar-refractivity contribution in [1.82, 2.24) is 9.55 Å². The van der Waals surface area contributed by atoms with Gasteiger partial charge >= 0.3 is 12.1 Å². The summed E-state index contributed by atoms with van der Waals surface area (Å²) in [4.78, 5) is 27.1. The van der Waals surface area contributed by atoms with Gasteiger partial charge in [-0.05, 0) is 12.5 Å². The quantitative estimate of drug-likeness (QED) is 0.840. The van der Waals surface area contributed by atoms with Gasteiger partial charge in [-0.2, -0.15) is 13.2 Å². The van der Waals surface area contributed by atoms with Crippen molar-refractivity contribution in [3.63, 3.8) is 0 Å². The van der Waals surface area contributed by atoms with E-state index >= 15 is 0 Å². The van der Waals surface area contributed by atoms with Gasteiger partial charge < -0.3 is 15.0 Å². The van der Waals surface area contributed by atoms with Gasteiger partial charge in [-0.25, -0.2) is 4.98 Å². The zero-order chi connectivity index (χ0) is 18.9. The van der Waals surface area contributed by atoms with Crippen molar-refractivity contribution in [2.24, 2.45) is 11.7 Å². The fraction of sp³-hybridized carbons (Fsp3) is 0.353. The predicted octanol–water partition coefficient (Wildman–Crippen LogP) is 2.31. The SMILES string of the molecule is NC(=O)c1ccccc1COC(=O)[C@@H]1CCn2c(cnc2C(F)(F)F)C1. The normalized spacial score (nSPS) is 16.8. The highest BCUT2D eigenvalue weighted by molar-refractivity contribution is 5.94. The number of fused-ring (bicyclic) bond motifs is 1. The lowest BCUT2D eigenvalue weighted by Crippen LogP contribution is -2.29. The molecule has 1 aromatic heterocycles. The molecule has 0 saturated heterocycles. The molecule has 9 heteroatoms. The number of halogens is 3. The number of ether oxygens (including phenoxy) is 1. The highest BCUT2D eigenvalue weighted by Gasteiger charge is 2.39. The molecule has 2 aromatic rings. The van der Waals surface area contributed by atoms with Crippen LogP contribution in [0.2, 0.25) is 0 Å². The summed E-state index contributed by atoms with van der Waals surface area (Å²) in [7, 11) is 0. The summed E-state index contributed by atoms with van der Waals surface area (Å²) in [6.45, 7) is -0.0800. The number of hydrogen-bond acceptors (Lipinski definition) is 4. The number of carbonyl (C=O) groups is 2. The minimum atomic E-state index is -4.52. The van der Waals surface area contributed by atoms with Crippen LogP contribution in [0.1, 0.15) is 33.9 Å². The van der Waals surface area contributed by atoms with Crippen LogP contribution in [0.3, 0.4) is 0 Å². The highest BCUT2D eigenvalue weighted by Crippen LogP contribution is 2.32. The second-order valence-electron chi connectivity index (χ2n) is 6.04. The smallest absolute Gasteiger partial charge is 0.449 e. The molecule has 1 aromatic carbocycles. The van der Waals surface area contributed by atoms with E-state index in [2.05, 4.69) is 4.98 Å². The van der Waals surface area contributed by atoms with Crippen LogP contribution in [0, 0.1) is 5.92 Å². The number of imidazole rings is 1. The summed E-state index contributed by atoms with van der Waals surface area (Å²) in [5, 5.41) is 0. The zero-order valence-electron chi connectivity index (χ0n) is 13.6. The van der Waals surface area contributed by atoms with Crippen LogP contribution in [-0.4, -0.2) is 21.4 Å². The van der Waals surface area contributed by atoms with Crippen LogP contribution in [0.5, 0.6) is 0 Å². The number of amides is 1. The van der Waals surface area contributed by atoms with Gasteiger partial charge in [0.25, 0.3) is 0 Å². The molecule has 0 unspecified atom stereocenters. The summed E-state index contributed by atoms with van der Waals surface area (Å²) in [6.07, 6.45) is -3.03. The maximum atomic E-state index is 12.9. The van der Waals surface area contributed by atoms with E-state index in [4.69, 9.17) is 10.5 Å². The summed E-state index contributed by atoms with van der Waals surface area (Å²) in [6, 6.07) is 6.49. The van der Waals surface area contributed by atoms with Crippen molar-refractivity contribution < 1.29 is 27.5 Å². The van der Waals surface area contributed by atoms with Gasteiger partial charge in [-0.3, -0.25) is 9.59 Å². The highest BCUT2D eigenvalue weighted by atomic mass is 19.4. The average Bonchev–Trinajstić information content (AvgIpc) is 3.03. The fourth-order valence-corrected chi connectivity index (χ4v) is 3.04. The standard InChI is InChI=1S/C17H16F3N3O3/c18-17(19,20)16-22-8-12-7-10(5-6-23(12)16)15(25)26-9-11-3-1-2-4-13(11)14(21)24/h1-4,8,10H,5-7,9H2,(H2,21,24)/t10-/m1/s1. The van der Waals surface area contributed by atoms with Crippen LogP contribution in [0.15, 0.2) is 30.5 Å². The maximum absolute atomic E-state index is 12.9. The molecule has 0 radical (unpaired) electrons. The number of benzene rings is 1. The molecule has 0 aliphatic carbocycles. The van der Waals surface area contributed by atoms with E-state index in [-0.39, 0.29) is 31.6 Å². The summed E-state index contributed by atoms with van der Waals surface area (Å²) in [5.74, 6) is -2.65. The number of nitrogens with zero attached hydrogens (tertiary/aromatic N) is 2. The minimum Gasteiger partial charge on any atom is -0.461 e. The van der Waals surface area contributed by atoms with E-state index in [0.29, 0.717) is 11.3 Å². The Balaban J connectivity index is 1.66. The van der Waals surface area contributed by atoms with E-state index in [1.165, 1.54) is 6.07 Å². The second-order valence-corrected chi connectivity index (χ2v) is 6.04. The number of alkyl halides is 3. The minimum absolute atomic E-state index is 0.0435. The second kappa shape index (κ2) is 6.81. The number of primary amides is 1. The molecule has 0 fully saturated rings. The number of rotatable bonds is 4. The summed E-state index contributed by atoms with van der Waals surface area (Å²) >= 11 is 0. The Morgan fingerprint density at radius 1 is 1.31 bits per heavy atom. The molecule has 1 aliphatic rings. The van der Waals surface area contributed by atoms with Crippen molar-refractivity contribution >= 4 is 11.9 Å². The van der Waals surface area contributed by atoms with Gasteiger partial charge in [0.15, 0.2) is 0 Å². The third-order valence-corrected chi connectivity index (χ3v) is 4.33. The topological polar surface area (TPSA) is 87.2 Å². The first-order chi connectivity index (χ1) is 12.3. The van der Waals surface area contributed by atoms with E-state index < -0.39 is 29.8 Å². The lowest BCUT2D eigenvalue weighted by Gasteiger charge is -2.24. The molecule has 0 bridgehead atoms. The number of carbonyl (C=O) groups excluding carboxylic acids is 2. The van der Waals surface area contributed by atoms with Gasteiger partial charge in [-0.15, -0.1) is 0 Å². The van der Waals surface area contributed by atoms with Crippen LogP contribution >= 0.6 is 0 Å². The maximum Gasteiger partial charge on any atom is 0.449 e. The third-order valence-electron chi connectivity index (χ3n) is 4.33. The lowest BCUT2D eigenvalue weighted by molar-refractivity contribution is -0.151. The first-order valence-corrected chi connectivity index (χ1v) is 7.93. The fourth-order valence-electron chi connectivity index (χ4n) is 3.04.